The lowest BCUT2D eigenvalue weighted by atomic mass is 10.1. The zero-order valence-corrected chi connectivity index (χ0v) is 9.93. The van der Waals surface area contributed by atoms with Gasteiger partial charge in [-0.3, -0.25) is 10.9 Å². The minimum absolute atomic E-state index is 0.779. The molecule has 4 heteroatoms. The lowest BCUT2D eigenvalue weighted by Crippen LogP contribution is -2.32. The van der Waals surface area contributed by atoms with Crippen molar-refractivity contribution in [2.45, 2.75) is 12.8 Å². The molecule has 18 heavy (non-hydrogen) atoms. The lowest BCUT2D eigenvalue weighted by molar-refractivity contribution is 0.944. The number of rotatable bonds is 3. The minimum atomic E-state index is 0.779. The molecule has 1 aliphatic rings. The summed E-state index contributed by atoms with van der Waals surface area (Å²) in [6.07, 6.45) is 3.60. The average molecular weight is 238 g/mol. The number of hydrazine groups is 1. The smallest absolute Gasteiger partial charge is 0.170 e. The van der Waals surface area contributed by atoms with Crippen LogP contribution in [0.15, 0.2) is 53.7 Å². The highest BCUT2D eigenvalue weighted by Gasteiger charge is 2.10. The van der Waals surface area contributed by atoms with E-state index in [4.69, 9.17) is 0 Å². The molecule has 3 rings (SSSR count). The number of fused-ring (bicyclic) bond motifs is 1. The quantitative estimate of drug-likeness (QED) is 0.864. The van der Waals surface area contributed by atoms with E-state index in [1.165, 1.54) is 5.56 Å². The van der Waals surface area contributed by atoms with Crippen molar-refractivity contribution in [2.24, 2.45) is 4.99 Å². The second-order valence-electron chi connectivity index (χ2n) is 4.17. The molecular weight excluding hydrogens is 224 g/mol. The second kappa shape index (κ2) is 4.87. The van der Waals surface area contributed by atoms with Gasteiger partial charge in [0.2, 0.25) is 0 Å². The van der Waals surface area contributed by atoms with Crippen molar-refractivity contribution in [2.75, 3.05) is 5.43 Å². The second-order valence-corrected chi connectivity index (χ2v) is 4.17. The first-order chi connectivity index (χ1) is 8.92. The van der Waals surface area contributed by atoms with Gasteiger partial charge in [0.05, 0.1) is 0 Å². The zero-order valence-electron chi connectivity index (χ0n) is 9.93. The first-order valence-corrected chi connectivity index (χ1v) is 6.00. The summed E-state index contributed by atoms with van der Waals surface area (Å²) in [5.74, 6) is 1.72. The van der Waals surface area contributed by atoms with Gasteiger partial charge in [0.25, 0.3) is 0 Å². The summed E-state index contributed by atoms with van der Waals surface area (Å²) < 4.78 is 0. The number of benzene rings is 1. The molecule has 4 nitrogen and oxygen atoms in total. The molecule has 0 saturated heterocycles. The Bertz CT molecular complexity index is 563. The first kappa shape index (κ1) is 10.8. The Morgan fingerprint density at radius 2 is 1.78 bits per heavy atom. The maximum Gasteiger partial charge on any atom is 0.170 e. The van der Waals surface area contributed by atoms with Gasteiger partial charge in [-0.1, -0.05) is 30.3 Å². The maximum absolute atomic E-state index is 4.54. The number of aromatic nitrogens is 1. The molecule has 0 amide bonds. The summed E-state index contributed by atoms with van der Waals surface area (Å²) in [5.41, 5.74) is 8.35. The molecule has 0 unspecified atom stereocenters. The molecule has 1 aromatic carbocycles. The summed E-state index contributed by atoms with van der Waals surface area (Å²) >= 11 is 0. The van der Waals surface area contributed by atoms with Crippen molar-refractivity contribution in [3.05, 3.63) is 54.2 Å². The largest absolute Gasteiger partial charge is 0.286 e. The topological polar surface area (TPSA) is 49.3 Å². The molecule has 90 valence electrons. The van der Waals surface area contributed by atoms with Crippen LogP contribution in [-0.2, 0) is 6.42 Å². The Morgan fingerprint density at radius 1 is 0.889 bits per heavy atom. The average Bonchev–Trinajstić information content (AvgIpc) is 2.46. The van der Waals surface area contributed by atoms with Crippen LogP contribution < -0.4 is 10.9 Å². The Hall–Kier alpha value is -2.36. The predicted octanol–water partition coefficient (Wildman–Crippen LogP) is 2.67. The van der Waals surface area contributed by atoms with Crippen molar-refractivity contribution in [1.82, 2.24) is 10.4 Å². The van der Waals surface area contributed by atoms with Crippen LogP contribution in [0.5, 0.6) is 0 Å². The summed E-state index contributed by atoms with van der Waals surface area (Å²) in [6, 6.07) is 14.3. The van der Waals surface area contributed by atoms with E-state index in [0.29, 0.717) is 0 Å². The van der Waals surface area contributed by atoms with Gasteiger partial charge >= 0.3 is 0 Å². The van der Waals surface area contributed by atoms with Crippen LogP contribution in [-0.4, -0.2) is 10.8 Å². The number of amidine groups is 1. The molecular formula is C14H14N4. The number of nitrogens with one attached hydrogen (secondary N) is 2. The maximum atomic E-state index is 4.54. The van der Waals surface area contributed by atoms with Gasteiger partial charge in [-0.2, -0.15) is 0 Å². The monoisotopic (exact) mass is 238 g/mol. The van der Waals surface area contributed by atoms with Crippen molar-refractivity contribution >= 4 is 17.3 Å². The van der Waals surface area contributed by atoms with Gasteiger partial charge in [-0.15, -0.1) is 0 Å². The summed E-state index contributed by atoms with van der Waals surface area (Å²) in [5, 5.41) is 0. The van der Waals surface area contributed by atoms with Crippen LogP contribution in [0.2, 0.25) is 0 Å². The van der Waals surface area contributed by atoms with E-state index in [-0.39, 0.29) is 0 Å². The standard InChI is InChI=1S/C14H14N4/c1-2-5-11(6-3-1)8-9-13-16-12-7-4-10-15-14(12)18-17-13/h1-7,10H,8-9H2,(H,15,18)(H,16,17). The molecule has 2 N–H and O–H groups in total. The van der Waals surface area contributed by atoms with Gasteiger partial charge in [-0.25, -0.2) is 9.98 Å². The van der Waals surface area contributed by atoms with E-state index >= 15 is 0 Å². The normalized spacial score (nSPS) is 13.0. The van der Waals surface area contributed by atoms with E-state index in [9.17, 15) is 0 Å². The third-order valence-electron chi connectivity index (χ3n) is 2.86. The Labute approximate surface area is 106 Å². The Morgan fingerprint density at radius 3 is 2.67 bits per heavy atom. The number of hydrogen-bond acceptors (Lipinski definition) is 4. The van der Waals surface area contributed by atoms with Crippen molar-refractivity contribution in [3.8, 4) is 0 Å². The molecule has 2 aromatic rings. The van der Waals surface area contributed by atoms with Crippen LogP contribution in [0.3, 0.4) is 0 Å². The van der Waals surface area contributed by atoms with E-state index in [2.05, 4.69) is 45.1 Å². The summed E-state index contributed by atoms with van der Waals surface area (Å²) in [7, 11) is 0. The van der Waals surface area contributed by atoms with Crippen LogP contribution in [0.4, 0.5) is 11.5 Å². The number of pyridine rings is 1. The molecule has 0 saturated carbocycles. The molecule has 0 spiro atoms. The fraction of sp³-hybridized carbons (Fsp3) is 0.143. The number of aryl methyl sites for hydroxylation is 1. The predicted molar refractivity (Wildman–Crippen MR) is 72.9 cm³/mol. The number of anilines is 1. The third-order valence-corrected chi connectivity index (χ3v) is 2.86. The molecule has 0 atom stereocenters. The van der Waals surface area contributed by atoms with Crippen molar-refractivity contribution < 1.29 is 0 Å². The molecule has 2 heterocycles. The highest BCUT2D eigenvalue weighted by atomic mass is 15.4. The molecule has 0 aliphatic carbocycles. The molecule has 1 aromatic heterocycles. The van der Waals surface area contributed by atoms with E-state index in [0.717, 1.165) is 30.2 Å². The molecule has 0 fully saturated rings. The van der Waals surface area contributed by atoms with Gasteiger partial charge in [0.1, 0.15) is 11.5 Å². The number of hydrogen-bond donors (Lipinski definition) is 2. The van der Waals surface area contributed by atoms with Crippen molar-refractivity contribution in [3.63, 3.8) is 0 Å². The van der Waals surface area contributed by atoms with Gasteiger partial charge < -0.3 is 0 Å². The zero-order chi connectivity index (χ0) is 12.2. The van der Waals surface area contributed by atoms with Crippen LogP contribution in [0, 0.1) is 0 Å². The van der Waals surface area contributed by atoms with Crippen LogP contribution in [0.1, 0.15) is 12.0 Å². The molecule has 0 bridgehead atoms. The van der Waals surface area contributed by atoms with Gasteiger partial charge in [0, 0.05) is 12.6 Å². The number of nitrogens with zero attached hydrogens (tertiary/aromatic N) is 2. The molecule has 0 radical (unpaired) electrons. The van der Waals surface area contributed by atoms with Gasteiger partial charge in [0.15, 0.2) is 5.82 Å². The fourth-order valence-corrected chi connectivity index (χ4v) is 1.91. The fourth-order valence-electron chi connectivity index (χ4n) is 1.91. The number of aliphatic imine (C=N–C) groups is 1. The SMILES string of the molecule is c1ccc(CCC2=Nc3cccnc3NN2)cc1. The van der Waals surface area contributed by atoms with E-state index < -0.39 is 0 Å². The van der Waals surface area contributed by atoms with E-state index in [1.54, 1.807) is 6.20 Å². The first-order valence-electron chi connectivity index (χ1n) is 6.00. The summed E-state index contributed by atoms with van der Waals surface area (Å²) in [4.78, 5) is 8.73. The highest BCUT2D eigenvalue weighted by Crippen LogP contribution is 2.23. The van der Waals surface area contributed by atoms with Crippen LogP contribution in [0.25, 0.3) is 0 Å². The lowest BCUT2D eigenvalue weighted by Gasteiger charge is -2.18. The Balaban J connectivity index is 1.70. The Kier molecular flexibility index (Phi) is 2.92. The minimum Gasteiger partial charge on any atom is -0.286 e. The van der Waals surface area contributed by atoms with Crippen LogP contribution >= 0.6 is 0 Å². The summed E-state index contributed by atoms with van der Waals surface area (Å²) in [6.45, 7) is 0. The highest BCUT2D eigenvalue weighted by molar-refractivity contribution is 5.90. The van der Waals surface area contributed by atoms with Gasteiger partial charge in [-0.05, 0) is 24.1 Å². The van der Waals surface area contributed by atoms with Crippen molar-refractivity contribution in [1.29, 1.82) is 0 Å². The third kappa shape index (κ3) is 2.32. The van der Waals surface area contributed by atoms with E-state index in [1.807, 2.05) is 18.2 Å². The molecule has 1 aliphatic heterocycles.